The van der Waals surface area contributed by atoms with E-state index in [1.54, 1.807) is 10.4 Å². The SMILES string of the molecule is CC[Si](CC)(C1=C(c2ccc(-c3ccccc3)cc2)Cc2ccccc21)C1=C(c2ccc(-c3ccccc3)cc2)Cc2ccccc21. The van der Waals surface area contributed by atoms with Gasteiger partial charge in [0.2, 0.25) is 0 Å². The highest BCUT2D eigenvalue weighted by Gasteiger charge is 2.46. The summed E-state index contributed by atoms with van der Waals surface area (Å²) in [6.45, 7) is 4.95. The van der Waals surface area contributed by atoms with Crippen molar-refractivity contribution in [1.29, 1.82) is 0 Å². The van der Waals surface area contributed by atoms with Gasteiger partial charge in [0, 0.05) is 0 Å². The second-order valence-corrected chi connectivity index (χ2v) is 17.6. The van der Waals surface area contributed by atoms with Crippen LogP contribution in [-0.4, -0.2) is 8.07 Å². The smallest absolute Gasteiger partial charge is 0.0672 e. The van der Waals surface area contributed by atoms with Crippen molar-refractivity contribution in [3.63, 3.8) is 0 Å². The first kappa shape index (κ1) is 29.4. The third-order valence-corrected chi connectivity index (χ3v) is 16.2. The number of allylic oxidation sites excluding steroid dienone is 2. The molecule has 6 aromatic rings. The molecule has 228 valence electrons. The molecule has 0 atom stereocenters. The van der Waals surface area contributed by atoms with Gasteiger partial charge in [-0.05, 0) is 90.0 Å². The Hall–Kier alpha value is -4.98. The van der Waals surface area contributed by atoms with Crippen LogP contribution in [0.4, 0.5) is 0 Å². The molecule has 0 amide bonds. The minimum atomic E-state index is -2.27. The summed E-state index contributed by atoms with van der Waals surface area (Å²) in [6.07, 6.45) is 2.00. The summed E-state index contributed by atoms with van der Waals surface area (Å²) in [7, 11) is -2.27. The number of hydrogen-bond donors (Lipinski definition) is 0. The van der Waals surface area contributed by atoms with Gasteiger partial charge in [0.25, 0.3) is 0 Å². The highest BCUT2D eigenvalue weighted by Crippen LogP contribution is 2.55. The van der Waals surface area contributed by atoms with Crippen molar-refractivity contribution in [1.82, 2.24) is 0 Å². The first-order valence-electron chi connectivity index (χ1n) is 17.2. The maximum Gasteiger partial charge on any atom is 0.120 e. The van der Waals surface area contributed by atoms with Gasteiger partial charge < -0.3 is 0 Å². The summed E-state index contributed by atoms with van der Waals surface area (Å²) < 4.78 is 0. The Morgan fingerprint density at radius 2 is 0.681 bits per heavy atom. The fraction of sp³-hybridized carbons (Fsp3) is 0.130. The molecular weight excluding hydrogens is 581 g/mol. The van der Waals surface area contributed by atoms with Crippen LogP contribution in [-0.2, 0) is 12.8 Å². The van der Waals surface area contributed by atoms with Crippen LogP contribution in [0.1, 0.15) is 47.2 Å². The van der Waals surface area contributed by atoms with Gasteiger partial charge in [-0.15, -0.1) is 0 Å². The zero-order valence-corrected chi connectivity index (χ0v) is 28.3. The molecule has 2 aliphatic carbocycles. The van der Waals surface area contributed by atoms with Crippen molar-refractivity contribution >= 4 is 29.6 Å². The second-order valence-electron chi connectivity index (χ2n) is 13.1. The Kier molecular flexibility index (Phi) is 7.71. The molecule has 8 rings (SSSR count). The summed E-state index contributed by atoms with van der Waals surface area (Å²) in [6, 6.07) is 61.2. The molecule has 1 heteroatoms. The maximum atomic E-state index is 2.48. The van der Waals surface area contributed by atoms with E-state index in [2.05, 4.69) is 172 Å². The molecule has 47 heavy (non-hydrogen) atoms. The van der Waals surface area contributed by atoms with Crippen molar-refractivity contribution in [2.45, 2.75) is 38.8 Å². The van der Waals surface area contributed by atoms with Crippen molar-refractivity contribution < 1.29 is 0 Å². The molecule has 0 spiro atoms. The predicted octanol–water partition coefficient (Wildman–Crippen LogP) is 12.2. The molecule has 0 N–H and O–H groups in total. The normalized spacial score (nSPS) is 14.0. The zero-order valence-electron chi connectivity index (χ0n) is 27.3. The highest BCUT2D eigenvalue weighted by molar-refractivity contribution is 7.12. The largest absolute Gasteiger partial charge is 0.120 e. The van der Waals surface area contributed by atoms with Crippen LogP contribution in [0.2, 0.25) is 12.1 Å². The topological polar surface area (TPSA) is 0 Å². The van der Waals surface area contributed by atoms with E-state index < -0.39 is 8.07 Å². The molecule has 0 radical (unpaired) electrons. The van der Waals surface area contributed by atoms with Gasteiger partial charge in [-0.1, -0.05) is 184 Å². The van der Waals surface area contributed by atoms with Crippen molar-refractivity contribution in [3.05, 3.63) is 191 Å². The Bertz CT molecular complexity index is 1960. The van der Waals surface area contributed by atoms with Crippen molar-refractivity contribution in [2.24, 2.45) is 0 Å². The van der Waals surface area contributed by atoms with E-state index in [-0.39, 0.29) is 0 Å². The van der Waals surface area contributed by atoms with Crippen LogP contribution < -0.4 is 0 Å². The lowest BCUT2D eigenvalue weighted by Crippen LogP contribution is -2.37. The van der Waals surface area contributed by atoms with Gasteiger partial charge in [-0.3, -0.25) is 0 Å². The first-order chi connectivity index (χ1) is 23.2. The van der Waals surface area contributed by atoms with Gasteiger partial charge in [0.1, 0.15) is 8.07 Å². The third-order valence-electron chi connectivity index (χ3n) is 10.8. The van der Waals surface area contributed by atoms with E-state index in [1.807, 2.05) is 0 Å². The van der Waals surface area contributed by atoms with Gasteiger partial charge in [-0.2, -0.15) is 0 Å². The van der Waals surface area contributed by atoms with Gasteiger partial charge in [-0.25, -0.2) is 0 Å². The third kappa shape index (κ3) is 5.07. The minimum absolute atomic E-state index is 1.00. The quantitative estimate of drug-likeness (QED) is 0.149. The molecule has 6 aromatic carbocycles. The second kappa shape index (κ2) is 12.3. The predicted molar refractivity (Wildman–Crippen MR) is 204 cm³/mol. The van der Waals surface area contributed by atoms with E-state index in [9.17, 15) is 0 Å². The molecule has 0 saturated carbocycles. The van der Waals surface area contributed by atoms with E-state index in [1.165, 1.54) is 78.9 Å². The molecule has 0 bridgehead atoms. The fourth-order valence-corrected chi connectivity index (χ4v) is 13.7. The van der Waals surface area contributed by atoms with Gasteiger partial charge in [0.15, 0.2) is 0 Å². The Morgan fingerprint density at radius 1 is 0.362 bits per heavy atom. The van der Waals surface area contributed by atoms with Crippen LogP contribution >= 0.6 is 0 Å². The Labute approximate surface area is 280 Å². The van der Waals surface area contributed by atoms with Crippen LogP contribution in [0.3, 0.4) is 0 Å². The van der Waals surface area contributed by atoms with Crippen LogP contribution in [0.25, 0.3) is 43.8 Å². The number of fused-ring (bicyclic) bond motifs is 2. The van der Waals surface area contributed by atoms with Crippen LogP contribution in [0.5, 0.6) is 0 Å². The van der Waals surface area contributed by atoms with Crippen molar-refractivity contribution in [3.8, 4) is 22.3 Å². The van der Waals surface area contributed by atoms with E-state index in [4.69, 9.17) is 0 Å². The first-order valence-corrected chi connectivity index (χ1v) is 19.6. The molecule has 0 heterocycles. The zero-order chi connectivity index (χ0) is 31.8. The molecule has 0 aliphatic heterocycles. The summed E-state index contributed by atoms with van der Waals surface area (Å²) in [5, 5.41) is 3.33. The molecule has 0 unspecified atom stereocenters. The van der Waals surface area contributed by atoms with E-state index in [0.29, 0.717) is 0 Å². The average Bonchev–Trinajstić information content (AvgIpc) is 3.74. The monoisotopic (exact) mass is 620 g/mol. The summed E-state index contributed by atoms with van der Waals surface area (Å²) in [5.41, 5.74) is 16.8. The van der Waals surface area contributed by atoms with E-state index in [0.717, 1.165) is 12.8 Å². The molecule has 0 aromatic heterocycles. The van der Waals surface area contributed by atoms with Crippen LogP contribution in [0, 0.1) is 0 Å². The van der Waals surface area contributed by atoms with Crippen LogP contribution in [0.15, 0.2) is 158 Å². The fourth-order valence-electron chi connectivity index (χ4n) is 8.38. The number of hydrogen-bond acceptors (Lipinski definition) is 0. The summed E-state index contributed by atoms with van der Waals surface area (Å²) in [4.78, 5) is 0. The summed E-state index contributed by atoms with van der Waals surface area (Å²) >= 11 is 0. The number of rotatable bonds is 8. The molecule has 0 saturated heterocycles. The molecule has 2 aliphatic rings. The Morgan fingerprint density at radius 3 is 1.06 bits per heavy atom. The highest BCUT2D eigenvalue weighted by atomic mass is 28.3. The Balaban J connectivity index is 1.33. The molecule has 0 fully saturated rings. The van der Waals surface area contributed by atoms with E-state index >= 15 is 0 Å². The molecule has 0 nitrogen and oxygen atoms in total. The maximum absolute atomic E-state index is 2.48. The van der Waals surface area contributed by atoms with Gasteiger partial charge >= 0.3 is 0 Å². The average molecular weight is 621 g/mol. The number of benzene rings is 6. The summed E-state index contributed by atoms with van der Waals surface area (Å²) in [5.74, 6) is 0. The lowest BCUT2D eigenvalue weighted by molar-refractivity contribution is 1.29. The lowest BCUT2D eigenvalue weighted by Gasteiger charge is -2.36. The standard InChI is InChI=1S/C46H40Si/c1-3-47(4-2,45-41-21-13-11-19-39(41)31-43(45)37-27-23-35(24-28-37)33-15-7-5-8-16-33)46-42-22-14-12-20-40(42)32-44(46)38-29-25-36(26-30-38)34-17-9-6-10-18-34/h5-30H,3-4,31-32H2,1-2H3. The van der Waals surface area contributed by atoms with Crippen molar-refractivity contribution in [2.75, 3.05) is 0 Å². The lowest BCUT2D eigenvalue weighted by atomic mass is 9.99. The molecular formula is C46H40Si. The minimum Gasteiger partial charge on any atom is -0.0672 e. The van der Waals surface area contributed by atoms with Gasteiger partial charge in [0.05, 0.1) is 0 Å².